The highest BCUT2D eigenvalue weighted by atomic mass is 32.2. The second-order valence-electron chi connectivity index (χ2n) is 4.55. The average molecular weight is 256 g/mol. The van der Waals surface area contributed by atoms with E-state index in [1.165, 1.54) is 0 Å². The minimum absolute atomic E-state index is 0.116. The fourth-order valence-corrected chi connectivity index (χ4v) is 3.25. The number of benzene rings is 1. The summed E-state index contributed by atoms with van der Waals surface area (Å²) in [6.45, 7) is 4.33. The van der Waals surface area contributed by atoms with Crippen LogP contribution in [0.1, 0.15) is 12.5 Å². The lowest BCUT2D eigenvalue weighted by molar-refractivity contribution is 0.370. The second kappa shape index (κ2) is 5.62. The van der Waals surface area contributed by atoms with Gasteiger partial charge in [-0.3, -0.25) is 0 Å². The Morgan fingerprint density at radius 3 is 2.41 bits per heavy atom. The molecule has 1 unspecified atom stereocenters. The lowest BCUT2D eigenvalue weighted by Gasteiger charge is -2.18. The van der Waals surface area contributed by atoms with E-state index in [-0.39, 0.29) is 6.04 Å². The number of hydrogen-bond acceptors (Lipinski definition) is 3. The zero-order valence-corrected chi connectivity index (χ0v) is 11.6. The Morgan fingerprint density at radius 2 is 1.88 bits per heavy atom. The predicted molar refractivity (Wildman–Crippen MR) is 69.5 cm³/mol. The van der Waals surface area contributed by atoms with E-state index in [2.05, 4.69) is 4.72 Å². The van der Waals surface area contributed by atoms with Gasteiger partial charge in [0.15, 0.2) is 0 Å². The van der Waals surface area contributed by atoms with Crippen LogP contribution in [0.4, 0.5) is 0 Å². The Balaban J connectivity index is 2.86. The molecule has 0 radical (unpaired) electrons. The molecule has 0 spiro atoms. The van der Waals surface area contributed by atoms with Crippen molar-refractivity contribution in [3.63, 3.8) is 0 Å². The monoisotopic (exact) mass is 256 g/mol. The molecule has 17 heavy (non-hydrogen) atoms. The third kappa shape index (κ3) is 4.11. The fourth-order valence-electron chi connectivity index (χ4n) is 1.77. The van der Waals surface area contributed by atoms with Gasteiger partial charge >= 0.3 is 0 Å². The number of nitrogens with zero attached hydrogens (tertiary/aromatic N) is 1. The molecule has 4 nitrogen and oxygen atoms in total. The normalized spacial score (nSPS) is 13.9. The topological polar surface area (TPSA) is 49.4 Å². The van der Waals surface area contributed by atoms with E-state index in [9.17, 15) is 8.42 Å². The standard InChI is InChI=1S/C12H20N2O2S/c1-10-7-5-6-8-12(10)17(15,16)13-11(2)9-14(3)4/h5-8,11,13H,9H2,1-4H3. The lowest BCUT2D eigenvalue weighted by Crippen LogP contribution is -2.39. The molecule has 0 aliphatic carbocycles. The smallest absolute Gasteiger partial charge is 0.241 e. The molecular weight excluding hydrogens is 236 g/mol. The summed E-state index contributed by atoms with van der Waals surface area (Å²) >= 11 is 0. The Bertz CT molecular complexity index is 469. The van der Waals surface area contributed by atoms with E-state index in [1.54, 1.807) is 25.1 Å². The van der Waals surface area contributed by atoms with Gasteiger partial charge in [-0.15, -0.1) is 0 Å². The lowest BCUT2D eigenvalue weighted by atomic mass is 10.2. The van der Waals surface area contributed by atoms with Crippen molar-refractivity contribution in [2.45, 2.75) is 24.8 Å². The Kier molecular flexibility index (Phi) is 4.68. The van der Waals surface area contributed by atoms with Crippen molar-refractivity contribution in [3.8, 4) is 0 Å². The quantitative estimate of drug-likeness (QED) is 0.862. The highest BCUT2D eigenvalue weighted by molar-refractivity contribution is 7.89. The first kappa shape index (κ1) is 14.2. The van der Waals surface area contributed by atoms with Gasteiger partial charge in [0, 0.05) is 12.6 Å². The molecule has 1 aromatic carbocycles. The molecule has 5 heteroatoms. The van der Waals surface area contributed by atoms with E-state index in [1.807, 2.05) is 32.0 Å². The maximum atomic E-state index is 12.1. The zero-order valence-electron chi connectivity index (χ0n) is 10.8. The van der Waals surface area contributed by atoms with Gasteiger partial charge in [0.05, 0.1) is 4.90 Å². The van der Waals surface area contributed by atoms with E-state index in [0.29, 0.717) is 11.4 Å². The first-order valence-corrected chi connectivity index (χ1v) is 7.04. The van der Waals surface area contributed by atoms with E-state index >= 15 is 0 Å². The number of sulfonamides is 1. The van der Waals surface area contributed by atoms with Crippen molar-refractivity contribution in [1.29, 1.82) is 0 Å². The summed E-state index contributed by atoms with van der Waals surface area (Å²) in [5.74, 6) is 0. The van der Waals surface area contributed by atoms with Gasteiger partial charge in [-0.25, -0.2) is 13.1 Å². The van der Waals surface area contributed by atoms with Crippen LogP contribution in [0.3, 0.4) is 0 Å². The third-order valence-corrected chi connectivity index (χ3v) is 4.13. The summed E-state index contributed by atoms with van der Waals surface area (Å²) in [5, 5.41) is 0. The second-order valence-corrected chi connectivity index (χ2v) is 6.23. The van der Waals surface area contributed by atoms with Crippen molar-refractivity contribution in [1.82, 2.24) is 9.62 Å². The van der Waals surface area contributed by atoms with Crippen LogP contribution in [-0.2, 0) is 10.0 Å². The summed E-state index contributed by atoms with van der Waals surface area (Å²) < 4.78 is 26.9. The zero-order chi connectivity index (χ0) is 13.1. The van der Waals surface area contributed by atoms with Crippen molar-refractivity contribution in [2.24, 2.45) is 0 Å². The molecule has 0 bridgehead atoms. The molecule has 0 heterocycles. The molecule has 1 rings (SSSR count). The maximum Gasteiger partial charge on any atom is 0.241 e. The Hall–Kier alpha value is -0.910. The first-order valence-electron chi connectivity index (χ1n) is 5.55. The van der Waals surface area contributed by atoms with Crippen LogP contribution in [-0.4, -0.2) is 40.0 Å². The van der Waals surface area contributed by atoms with E-state index in [0.717, 1.165) is 5.56 Å². The van der Waals surface area contributed by atoms with Gasteiger partial charge in [-0.05, 0) is 39.6 Å². The molecule has 0 aliphatic heterocycles. The van der Waals surface area contributed by atoms with Crippen molar-refractivity contribution in [2.75, 3.05) is 20.6 Å². The fraction of sp³-hybridized carbons (Fsp3) is 0.500. The maximum absolute atomic E-state index is 12.1. The number of hydrogen-bond donors (Lipinski definition) is 1. The minimum Gasteiger partial charge on any atom is -0.308 e. The van der Waals surface area contributed by atoms with Crippen LogP contribution in [0, 0.1) is 6.92 Å². The van der Waals surface area contributed by atoms with Crippen LogP contribution in [0.2, 0.25) is 0 Å². The predicted octanol–water partition coefficient (Wildman–Crippen LogP) is 1.22. The van der Waals surface area contributed by atoms with Gasteiger partial charge in [0.25, 0.3) is 0 Å². The van der Waals surface area contributed by atoms with Gasteiger partial charge in [0.1, 0.15) is 0 Å². The minimum atomic E-state index is -3.41. The molecule has 0 fully saturated rings. The number of nitrogens with one attached hydrogen (secondary N) is 1. The van der Waals surface area contributed by atoms with E-state index in [4.69, 9.17) is 0 Å². The Labute approximate surface area is 104 Å². The molecule has 0 saturated carbocycles. The highest BCUT2D eigenvalue weighted by Crippen LogP contribution is 2.14. The molecule has 0 aromatic heterocycles. The molecular formula is C12H20N2O2S. The molecule has 0 saturated heterocycles. The summed E-state index contributed by atoms with van der Waals surface area (Å²) in [6.07, 6.45) is 0. The van der Waals surface area contributed by atoms with Crippen molar-refractivity contribution >= 4 is 10.0 Å². The molecule has 1 aromatic rings. The molecule has 0 amide bonds. The summed E-state index contributed by atoms with van der Waals surface area (Å²) in [7, 11) is 0.418. The van der Waals surface area contributed by atoms with Crippen molar-refractivity contribution in [3.05, 3.63) is 29.8 Å². The van der Waals surface area contributed by atoms with Gasteiger partial charge in [-0.2, -0.15) is 0 Å². The van der Waals surface area contributed by atoms with Crippen LogP contribution in [0.15, 0.2) is 29.2 Å². The van der Waals surface area contributed by atoms with Crippen LogP contribution < -0.4 is 4.72 Å². The van der Waals surface area contributed by atoms with E-state index < -0.39 is 10.0 Å². The molecule has 96 valence electrons. The van der Waals surface area contributed by atoms with Crippen LogP contribution in [0.5, 0.6) is 0 Å². The summed E-state index contributed by atoms with van der Waals surface area (Å²) in [4.78, 5) is 2.30. The highest BCUT2D eigenvalue weighted by Gasteiger charge is 2.19. The largest absolute Gasteiger partial charge is 0.308 e. The van der Waals surface area contributed by atoms with Crippen LogP contribution >= 0.6 is 0 Å². The number of aryl methyl sites for hydroxylation is 1. The van der Waals surface area contributed by atoms with Gasteiger partial charge in [0.2, 0.25) is 10.0 Å². The van der Waals surface area contributed by atoms with Crippen molar-refractivity contribution < 1.29 is 8.42 Å². The SMILES string of the molecule is Cc1ccccc1S(=O)(=O)NC(C)CN(C)C. The number of rotatable bonds is 5. The first-order chi connectivity index (χ1) is 7.83. The summed E-state index contributed by atoms with van der Waals surface area (Å²) in [5.41, 5.74) is 0.761. The number of likely N-dealkylation sites (N-methyl/N-ethyl adjacent to an activating group) is 1. The molecule has 1 N–H and O–H groups in total. The van der Waals surface area contributed by atoms with Gasteiger partial charge < -0.3 is 4.90 Å². The average Bonchev–Trinajstić information content (AvgIpc) is 2.15. The van der Waals surface area contributed by atoms with Gasteiger partial charge in [-0.1, -0.05) is 18.2 Å². The summed E-state index contributed by atoms with van der Waals surface area (Å²) in [6, 6.07) is 6.87. The molecule has 0 aliphatic rings. The third-order valence-electron chi connectivity index (χ3n) is 2.38. The molecule has 1 atom stereocenters. The Morgan fingerprint density at radius 1 is 1.29 bits per heavy atom. The van der Waals surface area contributed by atoms with Crippen LogP contribution in [0.25, 0.3) is 0 Å².